The van der Waals surface area contributed by atoms with E-state index in [1.165, 1.54) is 22.1 Å². The Bertz CT molecular complexity index is 4160. The van der Waals surface area contributed by atoms with Gasteiger partial charge in [0, 0.05) is 69.0 Å². The fourth-order valence-corrected chi connectivity index (χ4v) is 12.6. The number of hydrogen-bond donors (Lipinski definition) is 0. The first-order chi connectivity index (χ1) is 38.7. The van der Waals surface area contributed by atoms with Gasteiger partial charge in [0.15, 0.2) is 0 Å². The summed E-state index contributed by atoms with van der Waals surface area (Å²) in [5, 5.41) is 0. The van der Waals surface area contributed by atoms with Gasteiger partial charge in [0.2, 0.25) is 0 Å². The number of allylic oxidation sites excluding steroid dienone is 5. The molecule has 79 heavy (non-hydrogen) atoms. The van der Waals surface area contributed by atoms with Gasteiger partial charge in [-0.15, -0.1) is 0 Å². The molecular weight excluding hydrogens is 962 g/mol. The van der Waals surface area contributed by atoms with Crippen molar-refractivity contribution in [1.82, 2.24) is 0 Å². The molecule has 0 aromatic heterocycles. The topological polar surface area (TPSA) is 31.4 Å². The maximum absolute atomic E-state index is 7.27. The summed E-state index contributed by atoms with van der Waals surface area (Å²) in [5.74, 6) is 3.42. The van der Waals surface area contributed by atoms with Crippen LogP contribution < -0.4 is 61.9 Å². The van der Waals surface area contributed by atoms with Crippen LogP contribution in [0.4, 0.5) is 62.6 Å². The number of ether oxygens (including phenoxy) is 2. The number of hydrogen-bond acceptors (Lipinski definition) is 6. The summed E-state index contributed by atoms with van der Waals surface area (Å²) >= 11 is 0. The standard InChI is InChI=1S/C71H56B2N4O2/c1-7-8-12-23-50(6)74(54-30-19-21-46(2)36-54)56-40-64-70-68(42-56)78-66-38-48(4)32-34-58(66)72(70)60-44-61-63(45-62(60)76(64)52-26-15-10-16-27-52)77(53-28-17-11-18-29-53)65-41-57(43-69-71(65)73(61)59-35-33-49(5)39-67(59)79-69)75(51-24-13-9-14-25-51)55-31-20-22-47(3)37-55/h7-45H,1H2,2-6H3/b12-8-,50-23+. The molecule has 8 heteroatoms. The van der Waals surface area contributed by atoms with Gasteiger partial charge in [-0.3, -0.25) is 0 Å². The number of fused-ring (bicyclic) bond motifs is 8. The van der Waals surface area contributed by atoms with Gasteiger partial charge >= 0.3 is 0 Å². The molecule has 14 rings (SSSR count). The molecule has 0 aliphatic carbocycles. The molecule has 4 aliphatic rings. The summed E-state index contributed by atoms with van der Waals surface area (Å²) in [5.41, 5.74) is 24.3. The molecule has 0 saturated heterocycles. The van der Waals surface area contributed by atoms with Crippen molar-refractivity contribution in [3.8, 4) is 23.0 Å². The van der Waals surface area contributed by atoms with E-state index in [1.54, 1.807) is 0 Å². The molecule has 0 fully saturated rings. The third-order valence-electron chi connectivity index (χ3n) is 16.0. The van der Waals surface area contributed by atoms with E-state index in [0.29, 0.717) is 0 Å². The minimum Gasteiger partial charge on any atom is -0.458 e. The van der Waals surface area contributed by atoms with Crippen LogP contribution in [0.25, 0.3) is 0 Å². The lowest BCUT2D eigenvalue weighted by Gasteiger charge is -2.45. The van der Waals surface area contributed by atoms with Crippen LogP contribution in [-0.2, 0) is 0 Å². The summed E-state index contributed by atoms with van der Waals surface area (Å²) in [6.45, 7) is 14.4. The molecule has 10 aromatic carbocycles. The van der Waals surface area contributed by atoms with E-state index in [-0.39, 0.29) is 13.4 Å². The molecule has 6 nitrogen and oxygen atoms in total. The second-order valence-corrected chi connectivity index (χ2v) is 21.3. The molecule has 0 spiro atoms. The predicted molar refractivity (Wildman–Crippen MR) is 333 cm³/mol. The number of para-hydroxylation sites is 3. The van der Waals surface area contributed by atoms with Crippen molar-refractivity contribution < 1.29 is 9.47 Å². The van der Waals surface area contributed by atoms with Gasteiger partial charge in [0.25, 0.3) is 13.4 Å². The van der Waals surface area contributed by atoms with Crippen molar-refractivity contribution in [2.75, 3.05) is 19.6 Å². The Kier molecular flexibility index (Phi) is 11.6. The van der Waals surface area contributed by atoms with Crippen molar-refractivity contribution in [1.29, 1.82) is 0 Å². The van der Waals surface area contributed by atoms with Crippen LogP contribution in [0.1, 0.15) is 29.2 Å². The highest BCUT2D eigenvalue weighted by atomic mass is 16.5. The fourth-order valence-electron chi connectivity index (χ4n) is 12.6. The smallest absolute Gasteiger partial charge is 0.256 e. The van der Waals surface area contributed by atoms with Crippen molar-refractivity contribution in [3.05, 3.63) is 271 Å². The van der Waals surface area contributed by atoms with Crippen molar-refractivity contribution in [3.63, 3.8) is 0 Å². The SMILES string of the molecule is C=C/C=C\C=C(/C)N(c1cccc(C)c1)c1cc2c3c(c1)N(c1ccccc1)c1cc4c(cc1B3c1ccc(C)cc1O2)B1c2ccc(C)cc2Oc2cc(N(c3ccccc3)c3cccc(C)c3)cc(c21)N4c1ccccc1. The van der Waals surface area contributed by atoms with Gasteiger partial charge in [-0.25, -0.2) is 0 Å². The molecule has 4 aliphatic heterocycles. The van der Waals surface area contributed by atoms with Crippen LogP contribution in [0.2, 0.25) is 0 Å². The number of rotatable bonds is 10. The van der Waals surface area contributed by atoms with Crippen LogP contribution in [-0.4, -0.2) is 13.4 Å². The van der Waals surface area contributed by atoms with Crippen molar-refractivity contribution in [2.24, 2.45) is 0 Å². The Morgan fingerprint density at radius 3 is 1.43 bits per heavy atom. The summed E-state index contributed by atoms with van der Waals surface area (Å²) in [7, 11) is 0. The third kappa shape index (κ3) is 8.05. The lowest BCUT2D eigenvalue weighted by Crippen LogP contribution is -2.63. The van der Waals surface area contributed by atoms with Gasteiger partial charge in [-0.1, -0.05) is 134 Å². The lowest BCUT2D eigenvalue weighted by atomic mass is 9.31. The number of anilines is 11. The number of aryl methyl sites for hydroxylation is 4. The minimum atomic E-state index is -0.164. The predicted octanol–water partition coefficient (Wildman–Crippen LogP) is 15.0. The van der Waals surface area contributed by atoms with Gasteiger partial charge < -0.3 is 29.1 Å². The highest BCUT2D eigenvalue weighted by Gasteiger charge is 2.48. The zero-order valence-electron chi connectivity index (χ0n) is 45.0. The molecule has 0 bridgehead atoms. The van der Waals surface area contributed by atoms with Crippen LogP contribution in [0.15, 0.2) is 249 Å². The molecule has 378 valence electrons. The number of nitrogens with zero attached hydrogens (tertiary/aromatic N) is 4. The minimum absolute atomic E-state index is 0.161. The fraction of sp³-hybridized carbons (Fsp3) is 0.0704. The summed E-state index contributed by atoms with van der Waals surface area (Å²) in [4.78, 5) is 9.68. The van der Waals surface area contributed by atoms with Crippen LogP contribution in [0, 0.1) is 27.7 Å². The van der Waals surface area contributed by atoms with Gasteiger partial charge in [-0.2, -0.15) is 0 Å². The molecule has 4 heterocycles. The largest absolute Gasteiger partial charge is 0.458 e. The quantitative estimate of drug-likeness (QED) is 0.100. The monoisotopic (exact) mass is 1020 g/mol. The average molecular weight is 1020 g/mol. The normalized spacial score (nSPS) is 13.3. The first-order valence-electron chi connectivity index (χ1n) is 27.2. The van der Waals surface area contributed by atoms with E-state index in [9.17, 15) is 0 Å². The van der Waals surface area contributed by atoms with E-state index in [4.69, 9.17) is 9.47 Å². The van der Waals surface area contributed by atoms with Crippen LogP contribution in [0.3, 0.4) is 0 Å². The van der Waals surface area contributed by atoms with E-state index in [2.05, 4.69) is 285 Å². The second-order valence-electron chi connectivity index (χ2n) is 21.3. The lowest BCUT2D eigenvalue weighted by molar-refractivity contribution is 0.487. The maximum atomic E-state index is 7.27. The molecule has 0 unspecified atom stereocenters. The van der Waals surface area contributed by atoms with Crippen LogP contribution in [0.5, 0.6) is 23.0 Å². The third-order valence-corrected chi connectivity index (χ3v) is 16.0. The molecule has 0 saturated carbocycles. The molecule has 0 radical (unpaired) electrons. The van der Waals surface area contributed by atoms with Crippen LogP contribution >= 0.6 is 0 Å². The van der Waals surface area contributed by atoms with E-state index in [1.807, 2.05) is 12.2 Å². The van der Waals surface area contributed by atoms with E-state index < -0.39 is 0 Å². The second kappa shape index (κ2) is 19.1. The van der Waals surface area contributed by atoms with Gasteiger partial charge in [0.1, 0.15) is 23.0 Å². The first kappa shape index (κ1) is 47.8. The van der Waals surface area contributed by atoms with E-state index >= 15 is 0 Å². The zero-order valence-corrected chi connectivity index (χ0v) is 45.0. The number of benzene rings is 10. The molecule has 0 amide bonds. The maximum Gasteiger partial charge on any atom is 0.256 e. The Hall–Kier alpha value is -9.65. The molecule has 0 N–H and O–H groups in total. The molecule has 10 aromatic rings. The molecule has 0 atom stereocenters. The first-order valence-corrected chi connectivity index (χ1v) is 27.2. The highest BCUT2D eigenvalue weighted by molar-refractivity contribution is 7.02. The molecular formula is C71H56B2N4O2. The van der Waals surface area contributed by atoms with Crippen molar-refractivity contribution in [2.45, 2.75) is 34.6 Å². The van der Waals surface area contributed by atoms with Gasteiger partial charge in [0.05, 0.1) is 11.4 Å². The zero-order chi connectivity index (χ0) is 53.5. The Morgan fingerprint density at radius 1 is 0.405 bits per heavy atom. The summed E-state index contributed by atoms with van der Waals surface area (Å²) < 4.78 is 14.5. The average Bonchev–Trinajstić information content (AvgIpc) is 3.51. The van der Waals surface area contributed by atoms with E-state index in [0.717, 1.165) is 124 Å². The Morgan fingerprint density at radius 2 is 0.886 bits per heavy atom. The Labute approximate surface area is 464 Å². The van der Waals surface area contributed by atoms with Gasteiger partial charge in [-0.05, 0) is 187 Å². The Balaban J connectivity index is 1.07. The van der Waals surface area contributed by atoms with Crippen molar-refractivity contribution >= 4 is 109 Å². The summed E-state index contributed by atoms with van der Waals surface area (Å²) in [6.07, 6.45) is 7.99. The summed E-state index contributed by atoms with van der Waals surface area (Å²) in [6, 6.07) is 77.7. The highest BCUT2D eigenvalue weighted by Crippen LogP contribution is 2.50.